The van der Waals surface area contributed by atoms with Gasteiger partial charge in [0, 0.05) is 0 Å². The highest BCUT2D eigenvalue weighted by molar-refractivity contribution is 5.91. The van der Waals surface area contributed by atoms with Crippen LogP contribution in [0.25, 0.3) is 0 Å². The van der Waals surface area contributed by atoms with E-state index < -0.39 is 0 Å². The second kappa shape index (κ2) is 6.52. The number of hydrogen-bond acceptors (Lipinski definition) is 2. The molecule has 0 aromatic heterocycles. The van der Waals surface area contributed by atoms with Gasteiger partial charge in [0.05, 0.1) is 18.8 Å². The lowest BCUT2D eigenvalue weighted by molar-refractivity contribution is 0.247. The Bertz CT molecular complexity index is 639. The Kier molecular flexibility index (Phi) is 4.28. The normalized spacial score (nSPS) is 15.0. The van der Waals surface area contributed by atoms with Crippen LogP contribution in [0.3, 0.4) is 0 Å². The number of ether oxygens (including phenoxy) is 1. The number of benzene rings is 2. The molecule has 2 aromatic carbocycles. The first-order valence-electron chi connectivity index (χ1n) is 7.53. The molecule has 2 aromatic rings. The second-order valence-corrected chi connectivity index (χ2v) is 5.52. The van der Waals surface area contributed by atoms with E-state index in [0.29, 0.717) is 17.4 Å². The summed E-state index contributed by atoms with van der Waals surface area (Å²) in [7, 11) is 1.59. The van der Waals surface area contributed by atoms with Crippen LogP contribution in [0, 0.1) is 5.92 Å². The number of hydrogen-bond donors (Lipinski definition) is 2. The molecule has 1 fully saturated rings. The Balaban J connectivity index is 1.69. The fraction of sp³-hybridized carbons (Fsp3) is 0.278. The van der Waals surface area contributed by atoms with E-state index in [4.69, 9.17) is 4.74 Å². The number of amides is 2. The van der Waals surface area contributed by atoms with E-state index in [1.807, 2.05) is 42.5 Å². The van der Waals surface area contributed by atoms with Gasteiger partial charge in [-0.05, 0) is 36.5 Å². The van der Waals surface area contributed by atoms with E-state index >= 15 is 0 Å². The molecular weight excluding hydrogens is 276 g/mol. The maximum absolute atomic E-state index is 12.3. The molecule has 0 saturated heterocycles. The molecule has 2 amide bonds. The van der Waals surface area contributed by atoms with Crippen molar-refractivity contribution in [3.63, 3.8) is 0 Å². The number of nitrogens with one attached hydrogen (secondary N) is 2. The summed E-state index contributed by atoms with van der Waals surface area (Å²) in [6, 6.07) is 17.4. The molecule has 1 unspecified atom stereocenters. The zero-order chi connectivity index (χ0) is 15.4. The van der Waals surface area contributed by atoms with Crippen molar-refractivity contribution in [2.45, 2.75) is 18.9 Å². The minimum absolute atomic E-state index is 0.0657. The molecular formula is C18H20N2O2. The van der Waals surface area contributed by atoms with Gasteiger partial charge >= 0.3 is 6.03 Å². The first kappa shape index (κ1) is 14.4. The van der Waals surface area contributed by atoms with E-state index in [9.17, 15) is 4.79 Å². The molecule has 1 aliphatic rings. The molecule has 2 N–H and O–H groups in total. The summed E-state index contributed by atoms with van der Waals surface area (Å²) in [6.45, 7) is 0. The summed E-state index contributed by atoms with van der Waals surface area (Å²) in [5.41, 5.74) is 1.82. The van der Waals surface area contributed by atoms with E-state index in [-0.39, 0.29) is 12.1 Å². The molecule has 3 rings (SSSR count). The highest BCUT2D eigenvalue weighted by Crippen LogP contribution is 2.41. The molecule has 1 atom stereocenters. The van der Waals surface area contributed by atoms with Crippen LogP contribution in [-0.4, -0.2) is 13.1 Å². The first-order valence-corrected chi connectivity index (χ1v) is 7.53. The molecule has 4 heteroatoms. The lowest BCUT2D eigenvalue weighted by Crippen LogP contribution is -2.33. The Hall–Kier alpha value is -2.49. The summed E-state index contributed by atoms with van der Waals surface area (Å²) in [6.07, 6.45) is 2.32. The van der Waals surface area contributed by atoms with Crippen molar-refractivity contribution in [2.75, 3.05) is 12.4 Å². The third-order valence-electron chi connectivity index (χ3n) is 3.89. The predicted octanol–water partition coefficient (Wildman–Crippen LogP) is 3.97. The highest BCUT2D eigenvalue weighted by Gasteiger charge is 2.33. The third kappa shape index (κ3) is 3.39. The predicted molar refractivity (Wildman–Crippen MR) is 87.1 cm³/mol. The summed E-state index contributed by atoms with van der Waals surface area (Å²) in [4.78, 5) is 12.3. The van der Waals surface area contributed by atoms with Crippen LogP contribution in [-0.2, 0) is 0 Å². The van der Waals surface area contributed by atoms with Crippen LogP contribution in [0.15, 0.2) is 54.6 Å². The highest BCUT2D eigenvalue weighted by atomic mass is 16.5. The van der Waals surface area contributed by atoms with Crippen molar-refractivity contribution >= 4 is 11.7 Å². The van der Waals surface area contributed by atoms with E-state index in [2.05, 4.69) is 22.8 Å². The minimum atomic E-state index is -0.203. The largest absolute Gasteiger partial charge is 0.495 e. The summed E-state index contributed by atoms with van der Waals surface area (Å²) in [5.74, 6) is 1.19. The summed E-state index contributed by atoms with van der Waals surface area (Å²) < 4.78 is 5.25. The summed E-state index contributed by atoms with van der Waals surface area (Å²) in [5, 5.41) is 5.96. The van der Waals surface area contributed by atoms with E-state index in [0.717, 1.165) is 18.4 Å². The molecule has 114 valence electrons. The maximum atomic E-state index is 12.3. The van der Waals surface area contributed by atoms with Gasteiger partial charge in [0.1, 0.15) is 5.75 Å². The van der Waals surface area contributed by atoms with Gasteiger partial charge in [-0.3, -0.25) is 0 Å². The summed E-state index contributed by atoms with van der Waals surface area (Å²) >= 11 is 0. The number of carbonyl (C=O) groups excluding carboxylic acids is 1. The Labute approximate surface area is 130 Å². The van der Waals surface area contributed by atoms with Gasteiger partial charge in [-0.15, -0.1) is 0 Å². The third-order valence-corrected chi connectivity index (χ3v) is 3.89. The monoisotopic (exact) mass is 296 g/mol. The van der Waals surface area contributed by atoms with Gasteiger partial charge in [-0.2, -0.15) is 0 Å². The van der Waals surface area contributed by atoms with Gasteiger partial charge in [0.2, 0.25) is 0 Å². The van der Waals surface area contributed by atoms with Crippen LogP contribution in [0.2, 0.25) is 0 Å². The molecule has 0 heterocycles. The number of anilines is 1. The van der Waals surface area contributed by atoms with Crippen LogP contribution in [0.5, 0.6) is 5.75 Å². The second-order valence-electron chi connectivity index (χ2n) is 5.52. The number of urea groups is 1. The molecule has 0 spiro atoms. The standard InChI is InChI=1S/C18H20N2O2/c1-22-16-10-6-5-9-15(16)19-18(21)20-17(14-11-12-14)13-7-3-2-4-8-13/h2-10,14,17H,11-12H2,1H3,(H2,19,20,21). The number of carbonyl (C=O) groups is 1. The maximum Gasteiger partial charge on any atom is 0.319 e. The molecule has 0 aliphatic heterocycles. The SMILES string of the molecule is COc1ccccc1NC(=O)NC(c1ccccc1)C1CC1. The van der Waals surface area contributed by atoms with Gasteiger partial charge < -0.3 is 15.4 Å². The molecule has 22 heavy (non-hydrogen) atoms. The van der Waals surface area contributed by atoms with Crippen molar-refractivity contribution in [2.24, 2.45) is 5.92 Å². The lowest BCUT2D eigenvalue weighted by Gasteiger charge is -2.19. The van der Waals surface area contributed by atoms with E-state index in [1.54, 1.807) is 7.11 Å². The average molecular weight is 296 g/mol. The van der Waals surface area contributed by atoms with Gasteiger partial charge in [-0.1, -0.05) is 42.5 Å². The fourth-order valence-corrected chi connectivity index (χ4v) is 2.61. The fourth-order valence-electron chi connectivity index (χ4n) is 2.61. The Morgan fingerprint density at radius 3 is 2.45 bits per heavy atom. The van der Waals surface area contributed by atoms with Crippen molar-refractivity contribution in [1.82, 2.24) is 5.32 Å². The van der Waals surface area contributed by atoms with Crippen LogP contribution >= 0.6 is 0 Å². The van der Waals surface area contributed by atoms with Crippen molar-refractivity contribution in [3.05, 3.63) is 60.2 Å². The Morgan fingerprint density at radius 2 is 1.77 bits per heavy atom. The van der Waals surface area contributed by atoms with Crippen LogP contribution in [0.1, 0.15) is 24.4 Å². The molecule has 1 aliphatic carbocycles. The van der Waals surface area contributed by atoms with Gasteiger partial charge in [0.15, 0.2) is 0 Å². The average Bonchev–Trinajstić information content (AvgIpc) is 3.39. The number of methoxy groups -OCH3 is 1. The molecule has 4 nitrogen and oxygen atoms in total. The molecule has 1 saturated carbocycles. The number of para-hydroxylation sites is 2. The van der Waals surface area contributed by atoms with Crippen molar-refractivity contribution in [1.29, 1.82) is 0 Å². The van der Waals surface area contributed by atoms with Crippen molar-refractivity contribution in [3.8, 4) is 5.75 Å². The van der Waals surface area contributed by atoms with Crippen LogP contribution < -0.4 is 15.4 Å². The smallest absolute Gasteiger partial charge is 0.319 e. The van der Waals surface area contributed by atoms with Crippen LogP contribution in [0.4, 0.5) is 10.5 Å². The molecule has 0 radical (unpaired) electrons. The topological polar surface area (TPSA) is 50.4 Å². The quantitative estimate of drug-likeness (QED) is 0.877. The zero-order valence-corrected chi connectivity index (χ0v) is 12.6. The lowest BCUT2D eigenvalue weighted by atomic mass is 10.0. The van der Waals surface area contributed by atoms with E-state index in [1.165, 1.54) is 0 Å². The first-order chi connectivity index (χ1) is 10.8. The minimum Gasteiger partial charge on any atom is -0.495 e. The van der Waals surface area contributed by atoms with Gasteiger partial charge in [-0.25, -0.2) is 4.79 Å². The Morgan fingerprint density at radius 1 is 1.09 bits per heavy atom. The molecule has 0 bridgehead atoms. The zero-order valence-electron chi connectivity index (χ0n) is 12.6. The van der Waals surface area contributed by atoms with Gasteiger partial charge in [0.25, 0.3) is 0 Å². The number of rotatable bonds is 5. The van der Waals surface area contributed by atoms with Crippen molar-refractivity contribution < 1.29 is 9.53 Å².